The van der Waals surface area contributed by atoms with E-state index in [4.69, 9.17) is 16.2 Å². The molecule has 0 aromatic heterocycles. The van der Waals surface area contributed by atoms with Gasteiger partial charge in [0.05, 0.1) is 13.2 Å². The SMILES string of the molecule is CCCCCCCCCCCCCN=C(N)N=C(N)N1CCOCC1.Cl. The molecule has 154 valence electrons. The summed E-state index contributed by atoms with van der Waals surface area (Å²) in [5.74, 6) is 0.736. The predicted octanol–water partition coefficient (Wildman–Crippen LogP) is 3.68. The van der Waals surface area contributed by atoms with Crippen molar-refractivity contribution in [1.82, 2.24) is 4.90 Å². The highest BCUT2D eigenvalue weighted by atomic mass is 35.5. The van der Waals surface area contributed by atoms with Crippen LogP contribution in [0.3, 0.4) is 0 Å². The smallest absolute Gasteiger partial charge is 0.218 e. The second kappa shape index (κ2) is 17.4. The average Bonchev–Trinajstić information content (AvgIpc) is 2.63. The van der Waals surface area contributed by atoms with E-state index in [-0.39, 0.29) is 18.4 Å². The lowest BCUT2D eigenvalue weighted by Gasteiger charge is -2.27. The number of guanidine groups is 2. The Morgan fingerprint density at radius 2 is 1.35 bits per heavy atom. The van der Waals surface area contributed by atoms with Crippen molar-refractivity contribution in [1.29, 1.82) is 0 Å². The molecule has 1 heterocycles. The van der Waals surface area contributed by atoms with Gasteiger partial charge in [-0.3, -0.25) is 4.99 Å². The third kappa shape index (κ3) is 13.2. The van der Waals surface area contributed by atoms with E-state index in [1.165, 1.54) is 64.2 Å². The largest absolute Gasteiger partial charge is 0.378 e. The topological polar surface area (TPSA) is 89.2 Å². The number of aliphatic imine (C=N–C) groups is 2. The van der Waals surface area contributed by atoms with Crippen LogP contribution in [0, 0.1) is 0 Å². The first-order valence-electron chi connectivity index (χ1n) is 10.2. The van der Waals surface area contributed by atoms with Gasteiger partial charge >= 0.3 is 0 Å². The molecule has 1 aliphatic heterocycles. The molecule has 0 aromatic rings. The van der Waals surface area contributed by atoms with E-state index in [9.17, 15) is 0 Å². The van der Waals surface area contributed by atoms with Gasteiger partial charge in [-0.05, 0) is 6.42 Å². The Hall–Kier alpha value is -1.01. The summed E-state index contributed by atoms with van der Waals surface area (Å²) in [6.07, 6.45) is 14.7. The molecule has 0 bridgehead atoms. The Balaban J connectivity index is 0.00000625. The van der Waals surface area contributed by atoms with Gasteiger partial charge in [-0.25, -0.2) is 0 Å². The van der Waals surface area contributed by atoms with E-state index >= 15 is 0 Å². The van der Waals surface area contributed by atoms with Crippen molar-refractivity contribution in [2.24, 2.45) is 21.5 Å². The molecule has 1 rings (SSSR count). The molecule has 6 nitrogen and oxygen atoms in total. The van der Waals surface area contributed by atoms with E-state index < -0.39 is 0 Å². The monoisotopic (exact) mass is 389 g/mol. The van der Waals surface area contributed by atoms with E-state index in [0.717, 1.165) is 26.1 Å². The molecule has 0 amide bonds. The summed E-state index contributed by atoms with van der Waals surface area (Å²) in [6, 6.07) is 0. The van der Waals surface area contributed by atoms with E-state index in [0.29, 0.717) is 19.2 Å². The van der Waals surface area contributed by atoms with Gasteiger partial charge in [-0.15, -0.1) is 12.4 Å². The van der Waals surface area contributed by atoms with E-state index in [1.54, 1.807) is 0 Å². The van der Waals surface area contributed by atoms with Crippen LogP contribution in [0.25, 0.3) is 0 Å². The summed E-state index contributed by atoms with van der Waals surface area (Å²) in [7, 11) is 0. The summed E-state index contributed by atoms with van der Waals surface area (Å²) in [5, 5.41) is 0. The van der Waals surface area contributed by atoms with Crippen molar-refractivity contribution in [3.8, 4) is 0 Å². The van der Waals surface area contributed by atoms with Gasteiger partial charge in [-0.1, -0.05) is 71.1 Å². The fourth-order valence-corrected chi connectivity index (χ4v) is 2.99. The zero-order valence-electron chi connectivity index (χ0n) is 16.6. The highest BCUT2D eigenvalue weighted by Gasteiger charge is 2.12. The van der Waals surface area contributed by atoms with Crippen molar-refractivity contribution in [3.63, 3.8) is 0 Å². The van der Waals surface area contributed by atoms with Crippen molar-refractivity contribution in [3.05, 3.63) is 0 Å². The highest BCUT2D eigenvalue weighted by Crippen LogP contribution is 2.11. The van der Waals surface area contributed by atoms with Gasteiger partial charge in [0.1, 0.15) is 0 Å². The molecule has 0 saturated carbocycles. The van der Waals surface area contributed by atoms with Gasteiger partial charge in [0.15, 0.2) is 5.96 Å². The van der Waals surface area contributed by atoms with Gasteiger partial charge in [0, 0.05) is 19.6 Å². The van der Waals surface area contributed by atoms with Crippen molar-refractivity contribution < 1.29 is 4.74 Å². The summed E-state index contributed by atoms with van der Waals surface area (Å²) in [6.45, 7) is 5.91. The normalized spacial score (nSPS) is 15.8. The van der Waals surface area contributed by atoms with Crippen molar-refractivity contribution in [2.75, 3.05) is 32.8 Å². The lowest BCUT2D eigenvalue weighted by atomic mass is 10.1. The van der Waals surface area contributed by atoms with Crippen molar-refractivity contribution >= 4 is 24.3 Å². The zero-order valence-corrected chi connectivity index (χ0v) is 17.4. The Morgan fingerprint density at radius 1 is 0.846 bits per heavy atom. The number of nitrogens with two attached hydrogens (primary N) is 2. The summed E-state index contributed by atoms with van der Waals surface area (Å²) in [4.78, 5) is 10.5. The van der Waals surface area contributed by atoms with Crippen LogP contribution in [0.4, 0.5) is 0 Å². The van der Waals surface area contributed by atoms with Gasteiger partial charge in [-0.2, -0.15) is 4.99 Å². The molecule has 1 fully saturated rings. The Kier molecular flexibility index (Phi) is 16.7. The second-order valence-corrected chi connectivity index (χ2v) is 6.84. The number of unbranched alkanes of at least 4 members (excludes halogenated alkanes) is 10. The second-order valence-electron chi connectivity index (χ2n) is 6.84. The van der Waals surface area contributed by atoms with E-state index in [2.05, 4.69) is 16.9 Å². The Bertz CT molecular complexity index is 384. The zero-order chi connectivity index (χ0) is 18.2. The molecular formula is C19H40ClN5O. The average molecular weight is 390 g/mol. The number of nitrogens with zero attached hydrogens (tertiary/aromatic N) is 3. The fourth-order valence-electron chi connectivity index (χ4n) is 2.99. The van der Waals surface area contributed by atoms with Gasteiger partial charge < -0.3 is 21.1 Å². The number of morpholine rings is 1. The minimum Gasteiger partial charge on any atom is -0.378 e. The molecule has 0 aliphatic carbocycles. The molecule has 0 aromatic carbocycles. The first-order valence-corrected chi connectivity index (χ1v) is 10.2. The van der Waals surface area contributed by atoms with Crippen LogP contribution in [-0.4, -0.2) is 49.7 Å². The first-order chi connectivity index (χ1) is 12.2. The predicted molar refractivity (Wildman–Crippen MR) is 114 cm³/mol. The van der Waals surface area contributed by atoms with Crippen LogP contribution in [0.15, 0.2) is 9.98 Å². The molecule has 0 radical (unpaired) electrons. The fraction of sp³-hybridized carbons (Fsp3) is 0.895. The molecule has 26 heavy (non-hydrogen) atoms. The van der Waals surface area contributed by atoms with Crippen LogP contribution >= 0.6 is 12.4 Å². The van der Waals surface area contributed by atoms with E-state index in [1.807, 2.05) is 4.90 Å². The molecule has 4 N–H and O–H groups in total. The standard InChI is InChI=1S/C19H39N5O.ClH/c1-2-3-4-5-6-7-8-9-10-11-12-13-22-18(20)23-19(21)24-14-16-25-17-15-24;/h2-17H2,1H3,(H4,20,21,22,23);1H. The summed E-state index contributed by atoms with van der Waals surface area (Å²) >= 11 is 0. The van der Waals surface area contributed by atoms with Crippen LogP contribution < -0.4 is 11.5 Å². The number of hydrogen-bond acceptors (Lipinski definition) is 2. The molecule has 1 aliphatic rings. The third-order valence-electron chi connectivity index (χ3n) is 4.60. The number of rotatable bonds is 12. The van der Waals surface area contributed by atoms with Crippen LogP contribution in [0.2, 0.25) is 0 Å². The minimum absolute atomic E-state index is 0. The van der Waals surface area contributed by atoms with Crippen LogP contribution in [-0.2, 0) is 4.74 Å². The quantitative estimate of drug-likeness (QED) is 0.302. The maximum Gasteiger partial charge on any atom is 0.218 e. The molecule has 0 atom stereocenters. The summed E-state index contributed by atoms with van der Waals surface area (Å²) in [5.41, 5.74) is 11.8. The Morgan fingerprint density at radius 3 is 1.88 bits per heavy atom. The lowest BCUT2D eigenvalue weighted by molar-refractivity contribution is 0.0676. The number of hydrogen-bond donors (Lipinski definition) is 2. The third-order valence-corrected chi connectivity index (χ3v) is 4.60. The maximum atomic E-state index is 5.95. The molecule has 7 heteroatoms. The van der Waals surface area contributed by atoms with Gasteiger partial charge in [0.25, 0.3) is 0 Å². The molecular weight excluding hydrogens is 350 g/mol. The minimum atomic E-state index is 0. The van der Waals surface area contributed by atoms with Crippen molar-refractivity contribution in [2.45, 2.75) is 77.6 Å². The first kappa shape index (κ1) is 25.0. The maximum absolute atomic E-state index is 5.95. The lowest BCUT2D eigenvalue weighted by Crippen LogP contribution is -2.45. The van der Waals surface area contributed by atoms with Crippen LogP contribution in [0.5, 0.6) is 0 Å². The number of ether oxygens (including phenoxy) is 1. The highest BCUT2D eigenvalue weighted by molar-refractivity contribution is 5.93. The van der Waals surface area contributed by atoms with Crippen LogP contribution in [0.1, 0.15) is 77.6 Å². The van der Waals surface area contributed by atoms with Gasteiger partial charge in [0.2, 0.25) is 5.96 Å². The number of halogens is 1. The Labute approximate surface area is 166 Å². The summed E-state index contributed by atoms with van der Waals surface area (Å²) < 4.78 is 5.29. The molecule has 0 unspecified atom stereocenters. The molecule has 0 spiro atoms. The molecule has 1 saturated heterocycles.